The molecule has 17 heavy (non-hydrogen) atoms. The first-order valence-electron chi connectivity index (χ1n) is 5.15. The van der Waals surface area contributed by atoms with Gasteiger partial charge in [-0.05, 0) is 19.1 Å². The van der Waals surface area contributed by atoms with Crippen molar-refractivity contribution in [1.82, 2.24) is 15.0 Å². The first-order valence-corrected chi connectivity index (χ1v) is 5.15. The number of nitrogen functional groups attached to an aromatic ring is 1. The normalized spacial score (nSPS) is 10.2. The molecule has 0 aromatic carbocycles. The van der Waals surface area contributed by atoms with Crippen molar-refractivity contribution in [2.24, 2.45) is 0 Å². The average Bonchev–Trinajstić information content (AvgIpc) is 2.73. The standard InChI is InChI=1S/C11H12N4O2/c1-2-17-11(16)8-9(12)15-10(14-8)7-4-3-5-13-6-7/h3-6H,2,12H2,1H3,(H,14,15). The molecule has 0 spiro atoms. The third-order valence-electron chi connectivity index (χ3n) is 2.15. The molecule has 0 radical (unpaired) electrons. The highest BCUT2D eigenvalue weighted by atomic mass is 16.5. The smallest absolute Gasteiger partial charge is 0.358 e. The molecule has 2 rings (SSSR count). The van der Waals surface area contributed by atoms with Crippen LogP contribution in [0.5, 0.6) is 0 Å². The first-order chi connectivity index (χ1) is 8.22. The monoisotopic (exact) mass is 232 g/mol. The zero-order valence-corrected chi connectivity index (χ0v) is 9.30. The molecule has 0 amide bonds. The zero-order valence-electron chi connectivity index (χ0n) is 9.30. The van der Waals surface area contributed by atoms with Crippen LogP contribution in [-0.4, -0.2) is 27.5 Å². The largest absolute Gasteiger partial charge is 0.461 e. The van der Waals surface area contributed by atoms with Gasteiger partial charge in [-0.3, -0.25) is 4.98 Å². The number of anilines is 1. The Morgan fingerprint density at radius 1 is 1.59 bits per heavy atom. The van der Waals surface area contributed by atoms with Gasteiger partial charge in [0.1, 0.15) is 5.82 Å². The van der Waals surface area contributed by atoms with Crippen molar-refractivity contribution in [2.45, 2.75) is 6.92 Å². The van der Waals surface area contributed by atoms with Crippen molar-refractivity contribution in [3.8, 4) is 11.4 Å². The minimum Gasteiger partial charge on any atom is -0.461 e. The Kier molecular flexibility index (Phi) is 3.04. The van der Waals surface area contributed by atoms with Crippen LogP contribution < -0.4 is 5.73 Å². The maximum Gasteiger partial charge on any atom is 0.358 e. The molecular weight excluding hydrogens is 220 g/mol. The van der Waals surface area contributed by atoms with Crippen molar-refractivity contribution in [3.63, 3.8) is 0 Å². The van der Waals surface area contributed by atoms with E-state index < -0.39 is 5.97 Å². The number of nitrogens with two attached hydrogens (primary N) is 1. The Morgan fingerprint density at radius 3 is 3.06 bits per heavy atom. The van der Waals surface area contributed by atoms with E-state index in [1.165, 1.54) is 0 Å². The summed E-state index contributed by atoms with van der Waals surface area (Å²) in [6.07, 6.45) is 3.29. The Labute approximate surface area is 97.8 Å². The molecule has 3 N–H and O–H groups in total. The number of hydrogen-bond acceptors (Lipinski definition) is 5. The summed E-state index contributed by atoms with van der Waals surface area (Å²) < 4.78 is 4.85. The number of H-pyrrole nitrogens is 1. The molecule has 0 atom stereocenters. The topological polar surface area (TPSA) is 93.9 Å². The van der Waals surface area contributed by atoms with Crippen LogP contribution in [0.25, 0.3) is 11.4 Å². The minimum absolute atomic E-state index is 0.127. The SMILES string of the molecule is CCOC(=O)c1[nH]c(-c2cccnc2)nc1N. The van der Waals surface area contributed by atoms with E-state index in [1.807, 2.05) is 6.07 Å². The fraction of sp³-hybridized carbons (Fsp3) is 0.182. The van der Waals surface area contributed by atoms with Gasteiger partial charge in [0, 0.05) is 18.0 Å². The fourth-order valence-corrected chi connectivity index (χ4v) is 1.39. The van der Waals surface area contributed by atoms with Crippen LogP contribution in [0.1, 0.15) is 17.4 Å². The van der Waals surface area contributed by atoms with Gasteiger partial charge in [0.05, 0.1) is 6.61 Å². The van der Waals surface area contributed by atoms with Gasteiger partial charge in [-0.15, -0.1) is 0 Å². The predicted molar refractivity (Wildman–Crippen MR) is 62.2 cm³/mol. The summed E-state index contributed by atoms with van der Waals surface area (Å²) in [6.45, 7) is 2.02. The first kappa shape index (κ1) is 11.1. The maximum absolute atomic E-state index is 11.5. The van der Waals surface area contributed by atoms with E-state index in [0.29, 0.717) is 12.4 Å². The van der Waals surface area contributed by atoms with Crippen LogP contribution in [0.15, 0.2) is 24.5 Å². The van der Waals surface area contributed by atoms with E-state index in [2.05, 4.69) is 15.0 Å². The summed E-state index contributed by atoms with van der Waals surface area (Å²) in [5.41, 5.74) is 6.58. The number of aromatic amines is 1. The molecule has 0 bridgehead atoms. The number of carbonyl (C=O) groups excluding carboxylic acids is 1. The van der Waals surface area contributed by atoms with Crippen LogP contribution in [-0.2, 0) is 4.74 Å². The maximum atomic E-state index is 11.5. The molecule has 2 aromatic heterocycles. The summed E-state index contributed by atoms with van der Waals surface area (Å²) in [5, 5.41) is 0. The number of aromatic nitrogens is 3. The Balaban J connectivity index is 2.34. The zero-order chi connectivity index (χ0) is 12.3. The number of pyridine rings is 1. The third-order valence-corrected chi connectivity index (χ3v) is 2.15. The molecule has 6 heteroatoms. The molecule has 88 valence electrons. The summed E-state index contributed by atoms with van der Waals surface area (Å²) >= 11 is 0. The molecule has 6 nitrogen and oxygen atoms in total. The van der Waals surface area contributed by atoms with Gasteiger partial charge in [0.2, 0.25) is 0 Å². The lowest BCUT2D eigenvalue weighted by molar-refractivity contribution is 0.0521. The highest BCUT2D eigenvalue weighted by Gasteiger charge is 2.16. The molecule has 0 aliphatic heterocycles. The van der Waals surface area contributed by atoms with Crippen molar-refractivity contribution < 1.29 is 9.53 Å². The Bertz CT molecular complexity index is 522. The lowest BCUT2D eigenvalue weighted by Gasteiger charge is -1.98. The number of hydrogen-bond donors (Lipinski definition) is 2. The van der Waals surface area contributed by atoms with E-state index in [9.17, 15) is 4.79 Å². The molecule has 0 saturated heterocycles. The highest BCUT2D eigenvalue weighted by Crippen LogP contribution is 2.18. The number of imidazole rings is 1. The molecule has 0 fully saturated rings. The van der Waals surface area contributed by atoms with Gasteiger partial charge in [-0.2, -0.15) is 0 Å². The predicted octanol–water partition coefficient (Wildman–Crippen LogP) is 1.23. The molecular formula is C11H12N4O2. The molecule has 0 aliphatic carbocycles. The van der Waals surface area contributed by atoms with Gasteiger partial charge in [-0.1, -0.05) is 0 Å². The van der Waals surface area contributed by atoms with Crippen molar-refractivity contribution in [3.05, 3.63) is 30.2 Å². The number of carbonyl (C=O) groups is 1. The highest BCUT2D eigenvalue weighted by molar-refractivity contribution is 5.93. The van der Waals surface area contributed by atoms with Gasteiger partial charge >= 0.3 is 5.97 Å². The summed E-state index contributed by atoms with van der Waals surface area (Å²) in [7, 11) is 0. The third kappa shape index (κ3) is 2.25. The van der Waals surface area contributed by atoms with Crippen LogP contribution in [0, 0.1) is 0 Å². The summed E-state index contributed by atoms with van der Waals surface area (Å²) in [4.78, 5) is 22.4. The Morgan fingerprint density at radius 2 is 2.41 bits per heavy atom. The lowest BCUT2D eigenvalue weighted by atomic mass is 10.3. The van der Waals surface area contributed by atoms with Crippen molar-refractivity contribution in [2.75, 3.05) is 12.3 Å². The Hall–Kier alpha value is -2.37. The molecule has 0 saturated carbocycles. The van der Waals surface area contributed by atoms with Gasteiger partial charge < -0.3 is 15.5 Å². The van der Waals surface area contributed by atoms with Crippen LogP contribution in [0.4, 0.5) is 5.82 Å². The van der Waals surface area contributed by atoms with Crippen LogP contribution >= 0.6 is 0 Å². The lowest BCUT2D eigenvalue weighted by Crippen LogP contribution is -2.07. The summed E-state index contributed by atoms with van der Waals surface area (Å²) in [5.74, 6) is 0.119. The minimum atomic E-state index is -0.507. The molecule has 2 heterocycles. The van der Waals surface area contributed by atoms with Gasteiger partial charge in [0.25, 0.3) is 0 Å². The second-order valence-electron chi connectivity index (χ2n) is 3.31. The second-order valence-corrected chi connectivity index (χ2v) is 3.31. The van der Waals surface area contributed by atoms with E-state index in [0.717, 1.165) is 5.56 Å². The van der Waals surface area contributed by atoms with Crippen LogP contribution in [0.2, 0.25) is 0 Å². The molecule has 0 unspecified atom stereocenters. The number of nitrogens with one attached hydrogen (secondary N) is 1. The molecule has 2 aromatic rings. The number of rotatable bonds is 3. The fourth-order valence-electron chi connectivity index (χ4n) is 1.39. The van der Waals surface area contributed by atoms with E-state index in [-0.39, 0.29) is 11.5 Å². The average molecular weight is 232 g/mol. The van der Waals surface area contributed by atoms with Crippen LogP contribution in [0.3, 0.4) is 0 Å². The quantitative estimate of drug-likeness (QED) is 0.776. The van der Waals surface area contributed by atoms with Gasteiger partial charge in [-0.25, -0.2) is 9.78 Å². The number of esters is 1. The van der Waals surface area contributed by atoms with E-state index in [4.69, 9.17) is 10.5 Å². The number of nitrogens with zero attached hydrogens (tertiary/aromatic N) is 2. The van der Waals surface area contributed by atoms with Crippen molar-refractivity contribution in [1.29, 1.82) is 0 Å². The molecule has 0 aliphatic rings. The number of ether oxygens (including phenoxy) is 1. The second kappa shape index (κ2) is 4.65. The summed E-state index contributed by atoms with van der Waals surface area (Å²) in [6, 6.07) is 3.60. The van der Waals surface area contributed by atoms with Gasteiger partial charge in [0.15, 0.2) is 11.5 Å². The van der Waals surface area contributed by atoms with Crippen molar-refractivity contribution >= 4 is 11.8 Å². The van der Waals surface area contributed by atoms with E-state index in [1.54, 1.807) is 25.4 Å². The van der Waals surface area contributed by atoms with E-state index >= 15 is 0 Å².